The molecule has 0 bridgehead atoms. The highest BCUT2D eigenvalue weighted by Gasteiger charge is 2.22. The number of nitrogens with two attached hydrogens (primary N) is 1. The van der Waals surface area contributed by atoms with Gasteiger partial charge in [-0.3, -0.25) is 4.79 Å². The molecule has 5 nitrogen and oxygen atoms in total. The zero-order valence-corrected chi connectivity index (χ0v) is 12.6. The minimum atomic E-state index is -0.123. The molecule has 1 saturated heterocycles. The Morgan fingerprint density at radius 3 is 2.68 bits per heavy atom. The number of rotatable bonds is 3. The molecule has 1 fully saturated rings. The minimum Gasteiger partial charge on any atom is -0.382 e. The maximum absolute atomic E-state index is 12.0. The van der Waals surface area contributed by atoms with E-state index in [9.17, 15) is 4.79 Å². The van der Waals surface area contributed by atoms with Crippen LogP contribution in [0, 0.1) is 5.92 Å². The van der Waals surface area contributed by atoms with Gasteiger partial charge in [-0.15, -0.1) is 0 Å². The normalized spacial score (nSPS) is 16.9. The molecule has 3 N–H and O–H groups in total. The summed E-state index contributed by atoms with van der Waals surface area (Å²) in [6, 6.07) is 0.105. The molecule has 19 heavy (non-hydrogen) atoms. The Morgan fingerprint density at radius 1 is 1.47 bits per heavy atom. The van der Waals surface area contributed by atoms with E-state index in [1.54, 1.807) is 0 Å². The van der Waals surface area contributed by atoms with E-state index in [1.165, 1.54) is 24.2 Å². The highest BCUT2D eigenvalue weighted by Crippen LogP contribution is 2.30. The number of carbonyl (C=O) groups excluding carboxylic acids is 1. The van der Waals surface area contributed by atoms with E-state index in [-0.39, 0.29) is 11.9 Å². The Balaban J connectivity index is 2.10. The molecule has 1 aliphatic heterocycles. The van der Waals surface area contributed by atoms with Crippen LogP contribution in [0.2, 0.25) is 0 Å². The smallest absolute Gasteiger partial charge is 0.265 e. The number of thiazole rings is 1. The SMILES string of the molecule is CC1CCN(c2nc(N)c(C(=O)NC(C)C)s2)CC1. The van der Waals surface area contributed by atoms with Crippen molar-refractivity contribution in [3.8, 4) is 0 Å². The monoisotopic (exact) mass is 282 g/mol. The predicted molar refractivity (Wildman–Crippen MR) is 79.7 cm³/mol. The number of aromatic nitrogens is 1. The fourth-order valence-corrected chi connectivity index (χ4v) is 3.09. The summed E-state index contributed by atoms with van der Waals surface area (Å²) in [6.45, 7) is 8.14. The van der Waals surface area contributed by atoms with Gasteiger partial charge in [-0.05, 0) is 32.6 Å². The van der Waals surface area contributed by atoms with Crippen molar-refractivity contribution in [3.63, 3.8) is 0 Å². The van der Waals surface area contributed by atoms with Crippen molar-refractivity contribution < 1.29 is 4.79 Å². The van der Waals surface area contributed by atoms with E-state index in [0.717, 1.165) is 24.1 Å². The molecule has 106 valence electrons. The topological polar surface area (TPSA) is 71.2 Å². The summed E-state index contributed by atoms with van der Waals surface area (Å²) in [4.78, 5) is 19.1. The number of nitrogen functional groups attached to an aromatic ring is 1. The number of anilines is 2. The van der Waals surface area contributed by atoms with Crippen LogP contribution in [0.15, 0.2) is 0 Å². The lowest BCUT2D eigenvalue weighted by Gasteiger charge is -2.29. The number of nitrogens with one attached hydrogen (secondary N) is 1. The van der Waals surface area contributed by atoms with Crippen molar-refractivity contribution in [3.05, 3.63) is 4.88 Å². The van der Waals surface area contributed by atoms with Crippen LogP contribution in [-0.2, 0) is 0 Å². The highest BCUT2D eigenvalue weighted by atomic mass is 32.1. The van der Waals surface area contributed by atoms with Crippen molar-refractivity contribution in [1.29, 1.82) is 0 Å². The first-order chi connectivity index (χ1) is 8.97. The Hall–Kier alpha value is -1.30. The zero-order chi connectivity index (χ0) is 14.0. The van der Waals surface area contributed by atoms with Gasteiger partial charge in [0.2, 0.25) is 0 Å². The van der Waals surface area contributed by atoms with Gasteiger partial charge in [-0.25, -0.2) is 4.98 Å². The second-order valence-electron chi connectivity index (χ2n) is 5.51. The minimum absolute atomic E-state index is 0.105. The van der Waals surface area contributed by atoms with Crippen LogP contribution >= 0.6 is 11.3 Å². The molecule has 1 aromatic rings. The molecule has 2 rings (SSSR count). The van der Waals surface area contributed by atoms with Gasteiger partial charge < -0.3 is 16.0 Å². The maximum atomic E-state index is 12.0. The summed E-state index contributed by atoms with van der Waals surface area (Å²) in [5.74, 6) is 0.996. The predicted octanol–water partition coefficient (Wildman–Crippen LogP) is 2.10. The molecule has 0 aliphatic carbocycles. The van der Waals surface area contributed by atoms with Crippen LogP contribution in [0.4, 0.5) is 10.9 Å². The van der Waals surface area contributed by atoms with Crippen LogP contribution in [0.25, 0.3) is 0 Å². The third-order valence-electron chi connectivity index (χ3n) is 3.32. The molecule has 0 radical (unpaired) electrons. The first-order valence-electron chi connectivity index (χ1n) is 6.79. The third-order valence-corrected chi connectivity index (χ3v) is 4.45. The lowest BCUT2D eigenvalue weighted by molar-refractivity contribution is 0.0948. The van der Waals surface area contributed by atoms with Gasteiger partial charge in [-0.1, -0.05) is 18.3 Å². The van der Waals surface area contributed by atoms with Gasteiger partial charge in [0.15, 0.2) is 5.13 Å². The van der Waals surface area contributed by atoms with Crippen LogP contribution in [-0.4, -0.2) is 30.0 Å². The molecule has 0 atom stereocenters. The van der Waals surface area contributed by atoms with Crippen molar-refractivity contribution in [2.45, 2.75) is 39.7 Å². The average molecular weight is 282 g/mol. The maximum Gasteiger partial charge on any atom is 0.265 e. The molecule has 0 spiro atoms. The van der Waals surface area contributed by atoms with Crippen LogP contribution < -0.4 is 16.0 Å². The summed E-state index contributed by atoms with van der Waals surface area (Å²) < 4.78 is 0. The molecule has 0 unspecified atom stereocenters. The second-order valence-corrected chi connectivity index (χ2v) is 6.49. The van der Waals surface area contributed by atoms with E-state index in [4.69, 9.17) is 5.73 Å². The largest absolute Gasteiger partial charge is 0.382 e. The summed E-state index contributed by atoms with van der Waals surface area (Å²) in [5, 5.41) is 3.73. The van der Waals surface area contributed by atoms with Gasteiger partial charge in [0.25, 0.3) is 5.91 Å². The van der Waals surface area contributed by atoms with Crippen molar-refractivity contribution >= 4 is 28.2 Å². The fourth-order valence-electron chi connectivity index (χ4n) is 2.15. The zero-order valence-electron chi connectivity index (χ0n) is 11.8. The number of amides is 1. The van der Waals surface area contributed by atoms with E-state index in [1.807, 2.05) is 13.8 Å². The molecule has 1 amide bonds. The molecule has 0 aromatic carbocycles. The van der Waals surface area contributed by atoms with E-state index in [0.29, 0.717) is 10.7 Å². The first-order valence-corrected chi connectivity index (χ1v) is 7.61. The Bertz CT molecular complexity index is 449. The summed E-state index contributed by atoms with van der Waals surface area (Å²) in [5.41, 5.74) is 5.86. The number of nitrogens with zero attached hydrogens (tertiary/aromatic N) is 2. The molecular weight excluding hydrogens is 260 g/mol. The highest BCUT2D eigenvalue weighted by molar-refractivity contribution is 7.18. The van der Waals surface area contributed by atoms with Gasteiger partial charge >= 0.3 is 0 Å². The van der Waals surface area contributed by atoms with Crippen LogP contribution in [0.1, 0.15) is 43.3 Å². The van der Waals surface area contributed by atoms with Gasteiger partial charge in [0.05, 0.1) is 0 Å². The number of hydrogen-bond donors (Lipinski definition) is 2. The average Bonchev–Trinajstić information content (AvgIpc) is 2.71. The molecule has 1 aliphatic rings. The summed E-state index contributed by atoms with van der Waals surface area (Å²) >= 11 is 1.40. The third kappa shape index (κ3) is 3.37. The Labute approximate surface area is 118 Å². The molecular formula is C13H22N4OS. The lowest BCUT2D eigenvalue weighted by atomic mass is 10.00. The van der Waals surface area contributed by atoms with E-state index >= 15 is 0 Å². The summed E-state index contributed by atoms with van der Waals surface area (Å²) in [7, 11) is 0. The van der Waals surface area contributed by atoms with Crippen LogP contribution in [0.3, 0.4) is 0 Å². The quantitative estimate of drug-likeness (QED) is 0.890. The summed E-state index contributed by atoms with van der Waals surface area (Å²) in [6.07, 6.45) is 2.35. The van der Waals surface area contributed by atoms with E-state index < -0.39 is 0 Å². The first kappa shape index (κ1) is 14.1. The Morgan fingerprint density at radius 2 is 2.11 bits per heavy atom. The number of carbonyl (C=O) groups is 1. The Kier molecular flexibility index (Phi) is 4.29. The van der Waals surface area contributed by atoms with Gasteiger partial charge in [0, 0.05) is 19.1 Å². The standard InChI is InChI=1S/C13H22N4OS/c1-8(2)15-12(18)10-11(14)16-13(19-10)17-6-4-9(3)5-7-17/h8-9H,4-7,14H2,1-3H3,(H,15,18). The number of piperidine rings is 1. The fraction of sp³-hybridized carbons (Fsp3) is 0.692. The van der Waals surface area contributed by atoms with Gasteiger partial charge in [-0.2, -0.15) is 0 Å². The lowest BCUT2D eigenvalue weighted by Crippen LogP contribution is -2.32. The second kappa shape index (κ2) is 5.77. The molecule has 2 heterocycles. The van der Waals surface area contributed by atoms with Crippen molar-refractivity contribution in [2.75, 3.05) is 23.7 Å². The molecule has 6 heteroatoms. The molecule has 0 saturated carbocycles. The van der Waals surface area contributed by atoms with Crippen molar-refractivity contribution in [1.82, 2.24) is 10.3 Å². The number of hydrogen-bond acceptors (Lipinski definition) is 5. The van der Waals surface area contributed by atoms with Crippen LogP contribution in [0.5, 0.6) is 0 Å². The van der Waals surface area contributed by atoms with Gasteiger partial charge in [0.1, 0.15) is 10.7 Å². The van der Waals surface area contributed by atoms with Crippen molar-refractivity contribution in [2.24, 2.45) is 5.92 Å². The molecule has 1 aromatic heterocycles. The van der Waals surface area contributed by atoms with E-state index in [2.05, 4.69) is 22.1 Å².